The van der Waals surface area contributed by atoms with E-state index >= 15 is 0 Å². The van der Waals surface area contributed by atoms with E-state index in [-0.39, 0.29) is 17.2 Å². The highest BCUT2D eigenvalue weighted by atomic mass is 16.5. The molecule has 0 aromatic carbocycles. The number of rotatable bonds is 2. The van der Waals surface area contributed by atoms with Gasteiger partial charge in [-0.1, -0.05) is 0 Å². The van der Waals surface area contributed by atoms with E-state index in [1.807, 2.05) is 34.6 Å². The van der Waals surface area contributed by atoms with Gasteiger partial charge < -0.3 is 9.94 Å². The van der Waals surface area contributed by atoms with Crippen LogP contribution < -0.4 is 0 Å². The molecule has 1 fully saturated rings. The van der Waals surface area contributed by atoms with Crippen molar-refractivity contribution in [2.75, 3.05) is 6.61 Å². The van der Waals surface area contributed by atoms with Crippen LogP contribution in [0.15, 0.2) is 0 Å². The van der Waals surface area contributed by atoms with Crippen LogP contribution >= 0.6 is 0 Å². The van der Waals surface area contributed by atoms with E-state index in [1.165, 1.54) is 5.06 Å². The lowest BCUT2D eigenvalue weighted by Gasteiger charge is -2.35. The summed E-state index contributed by atoms with van der Waals surface area (Å²) in [4.78, 5) is 0. The maximum absolute atomic E-state index is 9.94. The topological polar surface area (TPSA) is 32.7 Å². The molecule has 1 saturated heterocycles. The molecule has 1 aliphatic heterocycles. The smallest absolute Gasteiger partial charge is 0.0794 e. The van der Waals surface area contributed by atoms with Gasteiger partial charge in [-0.25, -0.2) is 0 Å². The van der Waals surface area contributed by atoms with Crippen LogP contribution in [0.2, 0.25) is 0 Å². The van der Waals surface area contributed by atoms with Gasteiger partial charge in [-0.05, 0) is 41.0 Å². The fourth-order valence-electron chi connectivity index (χ4n) is 2.17. The monoisotopic (exact) mass is 187 g/mol. The highest BCUT2D eigenvalue weighted by Crippen LogP contribution is 2.40. The minimum Gasteiger partial charge on any atom is -0.376 e. The predicted octanol–water partition coefficient (Wildman–Crippen LogP) is 2.04. The highest BCUT2D eigenvalue weighted by Gasteiger charge is 2.51. The molecule has 1 N–H and O–H groups in total. The number of hydrogen-bond donors (Lipinski definition) is 1. The van der Waals surface area contributed by atoms with E-state index in [9.17, 15) is 5.21 Å². The number of nitrogens with zero attached hydrogens (tertiary/aromatic N) is 1. The largest absolute Gasteiger partial charge is 0.376 e. The minimum absolute atomic E-state index is 0.123. The molecule has 0 amide bonds. The first kappa shape index (κ1) is 11.0. The molecule has 3 nitrogen and oxygen atoms in total. The Balaban J connectivity index is 2.80. The van der Waals surface area contributed by atoms with E-state index < -0.39 is 0 Å². The molecule has 1 unspecified atom stereocenters. The minimum atomic E-state index is -0.278. The van der Waals surface area contributed by atoms with Gasteiger partial charge >= 0.3 is 0 Å². The number of hydroxylamine groups is 2. The van der Waals surface area contributed by atoms with Gasteiger partial charge in [0.25, 0.3) is 0 Å². The van der Waals surface area contributed by atoms with E-state index in [4.69, 9.17) is 4.74 Å². The maximum Gasteiger partial charge on any atom is 0.0794 e. The van der Waals surface area contributed by atoms with Gasteiger partial charge in [-0.3, -0.25) is 0 Å². The highest BCUT2D eigenvalue weighted by molar-refractivity contribution is 5.03. The average Bonchev–Trinajstić information content (AvgIpc) is 2.14. The number of hydrogen-bond acceptors (Lipinski definition) is 3. The lowest BCUT2D eigenvalue weighted by atomic mass is 9.97. The van der Waals surface area contributed by atoms with Crippen LogP contribution in [-0.4, -0.2) is 34.1 Å². The van der Waals surface area contributed by atoms with Crippen molar-refractivity contribution in [3.8, 4) is 0 Å². The molecular weight excluding hydrogens is 166 g/mol. The third-order valence-corrected chi connectivity index (χ3v) is 2.96. The van der Waals surface area contributed by atoms with E-state index in [2.05, 4.69) is 0 Å². The average molecular weight is 187 g/mol. The third kappa shape index (κ3) is 1.73. The van der Waals surface area contributed by atoms with Gasteiger partial charge in [-0.15, -0.1) is 0 Å². The molecule has 1 aliphatic rings. The summed E-state index contributed by atoms with van der Waals surface area (Å²) in [6.07, 6.45) is 1.00. The summed E-state index contributed by atoms with van der Waals surface area (Å²) in [5.74, 6) is 0. The van der Waals surface area contributed by atoms with Gasteiger partial charge in [0.15, 0.2) is 0 Å². The summed E-state index contributed by atoms with van der Waals surface area (Å²) in [7, 11) is 0. The first-order chi connectivity index (χ1) is 5.82. The van der Waals surface area contributed by atoms with Gasteiger partial charge in [0.2, 0.25) is 0 Å². The molecule has 1 atom stereocenters. The van der Waals surface area contributed by atoms with Crippen molar-refractivity contribution in [1.29, 1.82) is 0 Å². The Labute approximate surface area is 80.6 Å². The first-order valence-corrected chi connectivity index (χ1v) is 4.93. The molecule has 1 heterocycles. The lowest BCUT2D eigenvalue weighted by Crippen LogP contribution is -2.49. The molecule has 3 heteroatoms. The Kier molecular flexibility index (Phi) is 2.72. The molecule has 0 spiro atoms. The van der Waals surface area contributed by atoms with Crippen molar-refractivity contribution < 1.29 is 9.94 Å². The SMILES string of the molecule is CCOC1CC(C)(C)N(O)C1(C)C. The molecule has 0 aliphatic carbocycles. The Morgan fingerprint density at radius 3 is 2.23 bits per heavy atom. The zero-order valence-corrected chi connectivity index (χ0v) is 9.29. The number of ether oxygens (including phenoxy) is 1. The van der Waals surface area contributed by atoms with Gasteiger partial charge in [0.05, 0.1) is 11.6 Å². The molecule has 0 bridgehead atoms. The van der Waals surface area contributed by atoms with Crippen LogP contribution in [0.5, 0.6) is 0 Å². The molecule has 0 aromatic rings. The van der Waals surface area contributed by atoms with Crippen molar-refractivity contribution in [3.63, 3.8) is 0 Å². The first-order valence-electron chi connectivity index (χ1n) is 4.93. The maximum atomic E-state index is 9.94. The summed E-state index contributed by atoms with van der Waals surface area (Å²) in [5.41, 5.74) is -0.456. The van der Waals surface area contributed by atoms with Crippen LogP contribution in [0, 0.1) is 0 Å². The fourth-order valence-corrected chi connectivity index (χ4v) is 2.17. The zero-order valence-electron chi connectivity index (χ0n) is 9.29. The van der Waals surface area contributed by atoms with Crippen LogP contribution in [-0.2, 0) is 4.74 Å². The quantitative estimate of drug-likeness (QED) is 0.718. The van der Waals surface area contributed by atoms with E-state index in [1.54, 1.807) is 0 Å². The van der Waals surface area contributed by atoms with Crippen molar-refractivity contribution >= 4 is 0 Å². The molecule has 0 aromatic heterocycles. The second-order valence-electron chi connectivity index (χ2n) is 4.93. The van der Waals surface area contributed by atoms with Gasteiger partial charge in [-0.2, -0.15) is 5.06 Å². The van der Waals surface area contributed by atoms with Crippen molar-refractivity contribution in [3.05, 3.63) is 0 Å². The normalized spacial score (nSPS) is 32.3. The van der Waals surface area contributed by atoms with Gasteiger partial charge in [0.1, 0.15) is 0 Å². The van der Waals surface area contributed by atoms with E-state index in [0.717, 1.165) is 6.42 Å². The molecule has 1 rings (SSSR count). The van der Waals surface area contributed by atoms with Crippen molar-refractivity contribution in [2.45, 2.75) is 58.2 Å². The summed E-state index contributed by atoms with van der Waals surface area (Å²) in [6, 6.07) is 0. The summed E-state index contributed by atoms with van der Waals surface area (Å²) in [5, 5.41) is 11.4. The van der Waals surface area contributed by atoms with Crippen LogP contribution in [0.3, 0.4) is 0 Å². The van der Waals surface area contributed by atoms with Crippen LogP contribution in [0.4, 0.5) is 0 Å². The summed E-state index contributed by atoms with van der Waals surface area (Å²) < 4.78 is 5.62. The van der Waals surface area contributed by atoms with Crippen LogP contribution in [0.1, 0.15) is 41.0 Å². The standard InChI is InChI=1S/C10H21NO2/c1-6-13-8-7-9(2,3)11(12)10(8,4)5/h8,12H,6-7H2,1-5H3. The Morgan fingerprint density at radius 1 is 1.38 bits per heavy atom. The van der Waals surface area contributed by atoms with Crippen molar-refractivity contribution in [1.82, 2.24) is 5.06 Å². The lowest BCUT2D eigenvalue weighted by molar-refractivity contribution is -0.204. The van der Waals surface area contributed by atoms with Gasteiger partial charge in [0, 0.05) is 12.1 Å². The van der Waals surface area contributed by atoms with Crippen molar-refractivity contribution in [2.24, 2.45) is 0 Å². The zero-order chi connectivity index (χ0) is 10.3. The summed E-state index contributed by atoms with van der Waals surface area (Å²) in [6.45, 7) is 10.8. The molecule has 0 radical (unpaired) electrons. The molecular formula is C10H21NO2. The predicted molar refractivity (Wildman–Crippen MR) is 51.8 cm³/mol. The van der Waals surface area contributed by atoms with Crippen LogP contribution in [0.25, 0.3) is 0 Å². The molecule has 13 heavy (non-hydrogen) atoms. The third-order valence-electron chi connectivity index (χ3n) is 2.96. The Bertz CT molecular complexity index is 189. The molecule has 78 valence electrons. The fraction of sp³-hybridized carbons (Fsp3) is 1.00. The second kappa shape index (κ2) is 3.23. The second-order valence-corrected chi connectivity index (χ2v) is 4.93. The Hall–Kier alpha value is -0.120. The molecule has 0 saturated carbocycles. The summed E-state index contributed by atoms with van der Waals surface area (Å²) >= 11 is 0. The van der Waals surface area contributed by atoms with E-state index in [0.29, 0.717) is 6.61 Å². The Morgan fingerprint density at radius 2 is 1.92 bits per heavy atom.